The molecule has 0 fully saturated rings. The maximum absolute atomic E-state index is 13.4. The first-order valence-electron chi connectivity index (χ1n) is 4.98. The highest BCUT2D eigenvalue weighted by Gasteiger charge is 2.26. The van der Waals surface area contributed by atoms with E-state index in [-0.39, 0.29) is 29.6 Å². The van der Waals surface area contributed by atoms with Crippen LogP contribution in [0.2, 0.25) is 0 Å². The van der Waals surface area contributed by atoms with Crippen LogP contribution in [0.25, 0.3) is 0 Å². The van der Waals surface area contributed by atoms with Gasteiger partial charge in [-0.15, -0.1) is 12.4 Å². The topological polar surface area (TPSA) is 46.2 Å². The van der Waals surface area contributed by atoms with Crippen molar-refractivity contribution in [3.8, 4) is 5.75 Å². The van der Waals surface area contributed by atoms with Gasteiger partial charge in [0.25, 0.3) is 0 Å². The number of phenolic OH excluding ortho intramolecular Hbond substituents is 1. The van der Waals surface area contributed by atoms with Crippen molar-refractivity contribution in [2.24, 2.45) is 11.1 Å². The van der Waals surface area contributed by atoms with Crippen molar-refractivity contribution in [3.63, 3.8) is 0 Å². The van der Waals surface area contributed by atoms with Crippen LogP contribution in [-0.2, 0) is 0 Å². The van der Waals surface area contributed by atoms with Gasteiger partial charge < -0.3 is 10.8 Å². The molecule has 1 atom stereocenters. The molecule has 3 N–H and O–H groups in total. The van der Waals surface area contributed by atoms with E-state index in [4.69, 9.17) is 5.73 Å². The lowest BCUT2D eigenvalue weighted by molar-refractivity contribution is 0.313. The van der Waals surface area contributed by atoms with E-state index in [0.29, 0.717) is 11.1 Å². The van der Waals surface area contributed by atoms with Gasteiger partial charge in [0.2, 0.25) is 0 Å². The van der Waals surface area contributed by atoms with Crippen LogP contribution in [0.1, 0.15) is 37.9 Å². The van der Waals surface area contributed by atoms with Crippen molar-refractivity contribution in [1.82, 2.24) is 0 Å². The molecule has 16 heavy (non-hydrogen) atoms. The quantitative estimate of drug-likeness (QED) is 0.800. The van der Waals surface area contributed by atoms with Gasteiger partial charge in [0.1, 0.15) is 0 Å². The summed E-state index contributed by atoms with van der Waals surface area (Å²) in [7, 11) is 0. The van der Waals surface area contributed by atoms with Crippen molar-refractivity contribution in [1.29, 1.82) is 0 Å². The summed E-state index contributed by atoms with van der Waals surface area (Å²) in [5.74, 6) is -0.898. The van der Waals surface area contributed by atoms with Crippen molar-refractivity contribution < 1.29 is 9.50 Å². The van der Waals surface area contributed by atoms with Gasteiger partial charge in [0.05, 0.1) is 0 Å². The molecule has 1 aromatic rings. The highest BCUT2D eigenvalue weighted by Crippen LogP contribution is 2.36. The Kier molecular flexibility index (Phi) is 4.77. The first kappa shape index (κ1) is 15.2. The van der Waals surface area contributed by atoms with Gasteiger partial charge in [-0.3, -0.25) is 0 Å². The summed E-state index contributed by atoms with van der Waals surface area (Å²) >= 11 is 0. The second kappa shape index (κ2) is 5.02. The van der Waals surface area contributed by atoms with E-state index in [1.54, 1.807) is 19.1 Å². The number of aromatic hydroxyl groups is 1. The third kappa shape index (κ3) is 2.86. The number of benzene rings is 1. The third-order valence-corrected chi connectivity index (χ3v) is 2.61. The van der Waals surface area contributed by atoms with Gasteiger partial charge in [-0.25, -0.2) is 4.39 Å². The fourth-order valence-corrected chi connectivity index (χ4v) is 1.40. The first-order valence-corrected chi connectivity index (χ1v) is 4.98. The fourth-order valence-electron chi connectivity index (χ4n) is 1.40. The molecule has 1 aromatic carbocycles. The molecule has 0 heterocycles. The lowest BCUT2D eigenvalue weighted by Gasteiger charge is -2.28. The summed E-state index contributed by atoms with van der Waals surface area (Å²) in [4.78, 5) is 0. The average molecular weight is 248 g/mol. The minimum Gasteiger partial charge on any atom is -0.505 e. The summed E-state index contributed by atoms with van der Waals surface area (Å²) < 4.78 is 13.4. The number of phenols is 1. The normalized spacial score (nSPS) is 13.1. The molecule has 2 nitrogen and oxygen atoms in total. The Morgan fingerprint density at radius 2 is 1.81 bits per heavy atom. The number of rotatable bonds is 1. The lowest BCUT2D eigenvalue weighted by Crippen LogP contribution is -2.26. The van der Waals surface area contributed by atoms with Gasteiger partial charge >= 0.3 is 0 Å². The number of halogens is 2. The number of nitrogens with two attached hydrogens (primary N) is 1. The third-order valence-electron chi connectivity index (χ3n) is 2.61. The van der Waals surface area contributed by atoms with E-state index < -0.39 is 5.82 Å². The Balaban J connectivity index is 0.00000225. The van der Waals surface area contributed by atoms with Gasteiger partial charge in [-0.1, -0.05) is 32.9 Å². The van der Waals surface area contributed by atoms with Gasteiger partial charge in [-0.2, -0.15) is 0 Å². The molecule has 0 aliphatic carbocycles. The molecule has 0 saturated carbocycles. The molecule has 92 valence electrons. The van der Waals surface area contributed by atoms with Crippen LogP contribution in [0.15, 0.2) is 12.1 Å². The van der Waals surface area contributed by atoms with Gasteiger partial charge in [0, 0.05) is 11.6 Å². The fraction of sp³-hybridized carbons (Fsp3) is 0.500. The Hall–Kier alpha value is -0.800. The highest BCUT2D eigenvalue weighted by molar-refractivity contribution is 5.85. The molecule has 0 radical (unpaired) electrons. The zero-order chi connectivity index (χ0) is 11.8. The zero-order valence-electron chi connectivity index (χ0n) is 10.0. The molecule has 4 heteroatoms. The first-order chi connectivity index (χ1) is 6.75. The predicted octanol–water partition coefficient (Wildman–Crippen LogP) is 3.31. The molecule has 0 aliphatic rings. The van der Waals surface area contributed by atoms with E-state index >= 15 is 0 Å². The smallest absolute Gasteiger partial charge is 0.168 e. The summed E-state index contributed by atoms with van der Waals surface area (Å²) in [5, 5.41) is 9.66. The Labute approximate surface area is 102 Å². The van der Waals surface area contributed by atoms with Crippen LogP contribution in [-0.4, -0.2) is 5.11 Å². The SMILES string of the molecule is Cc1ccc([C@H](N)C(C)(C)C)c(O)c1F.Cl. The van der Waals surface area contributed by atoms with E-state index in [1.165, 1.54) is 0 Å². The van der Waals surface area contributed by atoms with Crippen LogP contribution >= 0.6 is 12.4 Å². The van der Waals surface area contributed by atoms with E-state index in [0.717, 1.165) is 0 Å². The molecule has 0 amide bonds. The van der Waals surface area contributed by atoms with Crippen molar-refractivity contribution in [2.45, 2.75) is 33.7 Å². The maximum Gasteiger partial charge on any atom is 0.168 e. The monoisotopic (exact) mass is 247 g/mol. The van der Waals surface area contributed by atoms with Crippen LogP contribution < -0.4 is 5.73 Å². The van der Waals surface area contributed by atoms with E-state index in [1.807, 2.05) is 20.8 Å². The van der Waals surface area contributed by atoms with Crippen LogP contribution in [0.4, 0.5) is 4.39 Å². The molecule has 0 saturated heterocycles. The molecular formula is C12H19ClFNO. The van der Waals surface area contributed by atoms with Gasteiger partial charge in [0.15, 0.2) is 11.6 Å². The summed E-state index contributed by atoms with van der Waals surface area (Å²) in [6.45, 7) is 7.47. The second-order valence-electron chi connectivity index (χ2n) is 4.98. The van der Waals surface area contributed by atoms with Crippen molar-refractivity contribution >= 4 is 12.4 Å². The van der Waals surface area contributed by atoms with Crippen molar-refractivity contribution in [2.75, 3.05) is 0 Å². The summed E-state index contributed by atoms with van der Waals surface area (Å²) in [6.07, 6.45) is 0. The molecule has 0 aliphatic heterocycles. The minimum atomic E-state index is -0.577. The average Bonchev–Trinajstić information content (AvgIpc) is 2.12. The predicted molar refractivity (Wildman–Crippen MR) is 66.4 cm³/mol. The summed E-state index contributed by atoms with van der Waals surface area (Å²) in [5.41, 5.74) is 6.65. The van der Waals surface area contributed by atoms with Crippen LogP contribution in [0, 0.1) is 18.2 Å². The highest BCUT2D eigenvalue weighted by atomic mass is 35.5. The molecule has 0 spiro atoms. The Morgan fingerprint density at radius 1 is 1.31 bits per heavy atom. The molecule has 0 bridgehead atoms. The molecule has 0 unspecified atom stereocenters. The number of hydrogen-bond acceptors (Lipinski definition) is 2. The molecular weight excluding hydrogens is 229 g/mol. The Bertz CT molecular complexity index is 374. The Morgan fingerprint density at radius 3 is 2.25 bits per heavy atom. The molecule has 1 rings (SSSR count). The standard InChI is InChI=1S/C12H18FNO.ClH/c1-7-5-6-8(10(15)9(7)13)11(14)12(2,3)4;/h5-6,11,15H,14H2,1-4H3;1H/t11-;/m0./s1. The maximum atomic E-state index is 13.4. The zero-order valence-corrected chi connectivity index (χ0v) is 10.9. The minimum absolute atomic E-state index is 0. The summed E-state index contributed by atoms with van der Waals surface area (Å²) in [6, 6.07) is 2.94. The van der Waals surface area contributed by atoms with Gasteiger partial charge in [-0.05, 0) is 17.9 Å². The largest absolute Gasteiger partial charge is 0.505 e. The number of hydrogen-bond donors (Lipinski definition) is 2. The van der Waals surface area contributed by atoms with Crippen molar-refractivity contribution in [3.05, 3.63) is 29.1 Å². The molecule has 0 aromatic heterocycles. The van der Waals surface area contributed by atoms with E-state index in [9.17, 15) is 9.50 Å². The van der Waals surface area contributed by atoms with Crippen LogP contribution in [0.5, 0.6) is 5.75 Å². The second-order valence-corrected chi connectivity index (χ2v) is 4.98. The van der Waals surface area contributed by atoms with E-state index in [2.05, 4.69) is 0 Å². The lowest BCUT2D eigenvalue weighted by atomic mass is 9.82. The number of aryl methyl sites for hydroxylation is 1. The van der Waals surface area contributed by atoms with Crippen LogP contribution in [0.3, 0.4) is 0 Å².